The summed E-state index contributed by atoms with van der Waals surface area (Å²) >= 11 is 0. The Bertz CT molecular complexity index is 652. The molecule has 0 saturated carbocycles. The van der Waals surface area contributed by atoms with Gasteiger partial charge in [0.05, 0.1) is 0 Å². The maximum atomic E-state index is 9.18. The molecule has 1 rings (SSSR count). The maximum Gasteiger partial charge on any atom is 0.488 e. The SMILES string of the molecule is [2H]C([2H])([2H])C([2H])(C([2H])([2H])[2H])C([2H])([2H])c1cc(B(O)O)cc(C#N)n1. The second-order valence-corrected chi connectivity index (χ2v) is 2.66. The van der Waals surface area contributed by atoms with Gasteiger partial charge >= 0.3 is 7.12 Å². The summed E-state index contributed by atoms with van der Waals surface area (Å²) in [6.45, 7) is -7.13. The van der Waals surface area contributed by atoms with Gasteiger partial charge in [-0.3, -0.25) is 0 Å². The second-order valence-electron chi connectivity index (χ2n) is 2.66. The van der Waals surface area contributed by atoms with Gasteiger partial charge in [-0.15, -0.1) is 0 Å². The number of hydrogen-bond acceptors (Lipinski definition) is 4. The van der Waals surface area contributed by atoms with E-state index in [0.29, 0.717) is 6.07 Å². The van der Waals surface area contributed by atoms with E-state index < -0.39 is 44.5 Å². The third-order valence-corrected chi connectivity index (χ3v) is 1.51. The fourth-order valence-corrected chi connectivity index (χ4v) is 0.950. The molecule has 0 bridgehead atoms. The maximum absolute atomic E-state index is 9.18. The Labute approximate surface area is 102 Å². The largest absolute Gasteiger partial charge is 0.488 e. The van der Waals surface area contributed by atoms with Gasteiger partial charge in [-0.1, -0.05) is 13.7 Å². The zero-order chi connectivity index (χ0) is 19.1. The predicted molar refractivity (Wildman–Crippen MR) is 57.3 cm³/mol. The molecule has 0 spiro atoms. The average molecular weight is 213 g/mol. The summed E-state index contributed by atoms with van der Waals surface area (Å²) in [5, 5.41) is 27.3. The first-order valence-electron chi connectivity index (χ1n) is 8.38. The van der Waals surface area contributed by atoms with Crippen LogP contribution in [0.2, 0.25) is 0 Å². The summed E-state index contributed by atoms with van der Waals surface area (Å²) < 4.78 is 67.9. The van der Waals surface area contributed by atoms with Crippen LogP contribution >= 0.6 is 0 Å². The molecule has 0 unspecified atom stereocenters. The Kier molecular flexibility index (Phi) is 1.39. The van der Waals surface area contributed by atoms with Crippen molar-refractivity contribution >= 4 is 12.6 Å². The van der Waals surface area contributed by atoms with E-state index in [9.17, 15) is 10.0 Å². The number of pyridine rings is 1. The van der Waals surface area contributed by atoms with Crippen molar-refractivity contribution in [2.45, 2.75) is 20.1 Å². The molecule has 1 heterocycles. The van der Waals surface area contributed by atoms with Crippen LogP contribution in [0.25, 0.3) is 0 Å². The third kappa shape index (κ3) is 3.35. The van der Waals surface area contributed by atoms with Crippen LogP contribution in [0.1, 0.15) is 37.4 Å². The standard InChI is InChI=1S/C10H13BN2O2/c1-7(2)3-9-4-8(11(14)15)5-10(6-12)13-9/h4-5,7,14-15H,3H2,1-2H3/i1D3,2D3,3D2,7D. The number of hydrogen-bond donors (Lipinski definition) is 2. The number of rotatable bonds is 3. The van der Waals surface area contributed by atoms with Crippen molar-refractivity contribution < 1.29 is 22.4 Å². The van der Waals surface area contributed by atoms with Crippen LogP contribution in [-0.2, 0) is 6.37 Å². The van der Waals surface area contributed by atoms with E-state index in [0.717, 1.165) is 6.07 Å². The highest BCUT2D eigenvalue weighted by molar-refractivity contribution is 6.58. The average Bonchev–Trinajstić information content (AvgIpc) is 2.43. The highest BCUT2D eigenvalue weighted by atomic mass is 16.4. The van der Waals surface area contributed by atoms with Crippen LogP contribution in [0.4, 0.5) is 0 Å². The molecule has 0 atom stereocenters. The minimum Gasteiger partial charge on any atom is -0.423 e. The van der Waals surface area contributed by atoms with Crippen LogP contribution in [0.5, 0.6) is 0 Å². The summed E-state index contributed by atoms with van der Waals surface area (Å²) in [4.78, 5) is 3.52. The number of nitrogens with zero attached hydrogens (tertiary/aromatic N) is 2. The molecule has 15 heavy (non-hydrogen) atoms. The lowest BCUT2D eigenvalue weighted by atomic mass is 9.79. The molecule has 1 aromatic heterocycles. The first-order valence-corrected chi connectivity index (χ1v) is 3.88. The molecular weight excluding hydrogens is 191 g/mol. The minimum atomic E-state index is -3.61. The third-order valence-electron chi connectivity index (χ3n) is 1.51. The van der Waals surface area contributed by atoms with Crippen LogP contribution in [-0.4, -0.2) is 22.2 Å². The van der Waals surface area contributed by atoms with Crippen molar-refractivity contribution in [1.82, 2.24) is 4.98 Å². The predicted octanol–water partition coefficient (Wildman–Crippen LogP) is -0.168. The van der Waals surface area contributed by atoms with Gasteiger partial charge in [0.15, 0.2) is 0 Å². The van der Waals surface area contributed by atoms with E-state index in [4.69, 9.17) is 17.6 Å². The van der Waals surface area contributed by atoms with E-state index in [1.54, 1.807) is 0 Å². The van der Waals surface area contributed by atoms with Crippen molar-refractivity contribution in [3.05, 3.63) is 23.5 Å². The first-order chi connectivity index (χ1) is 10.6. The van der Waals surface area contributed by atoms with Crippen LogP contribution in [0.15, 0.2) is 12.1 Å². The zero-order valence-corrected chi connectivity index (χ0v) is 7.52. The highest BCUT2D eigenvalue weighted by Gasteiger charge is 2.14. The van der Waals surface area contributed by atoms with Crippen molar-refractivity contribution in [3.8, 4) is 6.07 Å². The normalized spacial score (nSPS) is 22.3. The molecule has 4 nitrogen and oxygen atoms in total. The Morgan fingerprint density at radius 1 is 1.73 bits per heavy atom. The lowest BCUT2D eigenvalue weighted by Gasteiger charge is -2.07. The van der Waals surface area contributed by atoms with Crippen LogP contribution < -0.4 is 5.46 Å². The van der Waals surface area contributed by atoms with Gasteiger partial charge in [0.25, 0.3) is 0 Å². The lowest BCUT2D eigenvalue weighted by molar-refractivity contribution is 0.425. The summed E-state index contributed by atoms with van der Waals surface area (Å²) in [7, 11) is -2.13. The van der Waals surface area contributed by atoms with Crippen LogP contribution in [0.3, 0.4) is 0 Å². The molecule has 5 heteroatoms. The van der Waals surface area contributed by atoms with Crippen molar-refractivity contribution in [1.29, 1.82) is 5.26 Å². The van der Waals surface area contributed by atoms with E-state index in [-0.39, 0.29) is 5.46 Å². The monoisotopic (exact) mass is 213 g/mol. The van der Waals surface area contributed by atoms with Gasteiger partial charge in [0, 0.05) is 18.0 Å². The molecule has 0 amide bonds. The van der Waals surface area contributed by atoms with Gasteiger partial charge < -0.3 is 10.0 Å². The summed E-state index contributed by atoms with van der Waals surface area (Å²) in [6, 6.07) is 3.15. The first kappa shape index (κ1) is 4.24. The molecular formula is C10H13BN2O2. The van der Waals surface area contributed by atoms with Gasteiger partial charge in [-0.05, 0) is 29.9 Å². The van der Waals surface area contributed by atoms with Crippen LogP contribution in [0, 0.1) is 17.2 Å². The van der Waals surface area contributed by atoms with Gasteiger partial charge in [0.1, 0.15) is 11.8 Å². The summed E-state index contributed by atoms with van der Waals surface area (Å²) in [5.74, 6) is -3.61. The van der Waals surface area contributed by atoms with Gasteiger partial charge in [0.2, 0.25) is 0 Å². The molecule has 0 saturated heterocycles. The van der Waals surface area contributed by atoms with Gasteiger partial charge in [-0.25, -0.2) is 4.98 Å². The number of nitriles is 1. The Balaban J connectivity index is 3.75. The smallest absolute Gasteiger partial charge is 0.423 e. The van der Waals surface area contributed by atoms with Crippen molar-refractivity contribution in [2.24, 2.45) is 5.89 Å². The summed E-state index contributed by atoms with van der Waals surface area (Å²) in [6.07, 6.45) is -3.36. The second kappa shape index (κ2) is 4.92. The van der Waals surface area contributed by atoms with E-state index in [1.807, 2.05) is 0 Å². The van der Waals surface area contributed by atoms with Crippen molar-refractivity contribution in [2.75, 3.05) is 0 Å². The lowest BCUT2D eigenvalue weighted by Crippen LogP contribution is -2.31. The fraction of sp³-hybridized carbons (Fsp3) is 0.400. The van der Waals surface area contributed by atoms with Crippen molar-refractivity contribution in [3.63, 3.8) is 0 Å². The Hall–Kier alpha value is -1.38. The highest BCUT2D eigenvalue weighted by Crippen LogP contribution is 2.05. The van der Waals surface area contributed by atoms with E-state index >= 15 is 0 Å². The van der Waals surface area contributed by atoms with E-state index in [2.05, 4.69) is 4.98 Å². The number of aromatic nitrogens is 1. The molecule has 1 aromatic rings. The molecule has 0 aliphatic rings. The Morgan fingerprint density at radius 3 is 3.00 bits per heavy atom. The zero-order valence-electron chi connectivity index (χ0n) is 16.5. The fourth-order valence-electron chi connectivity index (χ4n) is 0.950. The molecule has 2 N–H and O–H groups in total. The quantitative estimate of drug-likeness (QED) is 0.683. The van der Waals surface area contributed by atoms with Gasteiger partial charge in [-0.2, -0.15) is 5.26 Å². The molecule has 0 aliphatic heterocycles. The molecule has 0 aromatic carbocycles. The summed E-state index contributed by atoms with van der Waals surface area (Å²) in [5.41, 5.74) is -1.75. The Morgan fingerprint density at radius 2 is 2.47 bits per heavy atom. The molecule has 0 radical (unpaired) electrons. The van der Waals surface area contributed by atoms with E-state index in [1.165, 1.54) is 6.07 Å². The molecule has 0 aliphatic carbocycles. The molecule has 78 valence electrons. The molecule has 0 fully saturated rings. The topological polar surface area (TPSA) is 77.1 Å². The minimum absolute atomic E-state index is 0.390.